The van der Waals surface area contributed by atoms with Crippen molar-refractivity contribution in [1.29, 1.82) is 0 Å². The van der Waals surface area contributed by atoms with Crippen LogP contribution in [0.4, 0.5) is 0 Å². The fraction of sp³-hybridized carbons (Fsp3) is 0.714. The smallest absolute Gasteiger partial charge is 0.359 e. The first-order chi connectivity index (χ1) is 13.4. The highest BCUT2D eigenvalue weighted by Gasteiger charge is 2.47. The van der Waals surface area contributed by atoms with Gasteiger partial charge in [-0.1, -0.05) is 51.1 Å². The molecule has 0 aliphatic carbocycles. The molecule has 1 aromatic carbocycles. The molecular formula is C21H38NO5PSi. The molecule has 1 aromatic rings. The molecule has 29 heavy (non-hydrogen) atoms. The molecule has 0 saturated carbocycles. The topological polar surface area (TPSA) is 68.2 Å². The predicted octanol–water partition coefficient (Wildman–Crippen LogP) is 4.85. The average molecular weight is 444 g/mol. The van der Waals surface area contributed by atoms with Crippen molar-refractivity contribution in [3.05, 3.63) is 35.9 Å². The predicted molar refractivity (Wildman–Crippen MR) is 120 cm³/mol. The largest absolute Gasteiger partial charge is 0.415 e. The number of likely N-dealkylation sites (tertiary alicyclic amines) is 1. The molecule has 1 unspecified atom stereocenters. The molecule has 1 aliphatic rings. The first-order valence-corrected chi connectivity index (χ1v) is 14.8. The van der Waals surface area contributed by atoms with Crippen molar-refractivity contribution >= 4 is 15.9 Å². The van der Waals surface area contributed by atoms with Crippen LogP contribution in [0.25, 0.3) is 0 Å². The maximum atomic E-state index is 12.8. The van der Waals surface area contributed by atoms with Gasteiger partial charge in [0.25, 0.3) is 0 Å². The van der Waals surface area contributed by atoms with Gasteiger partial charge in [0.2, 0.25) is 0 Å². The van der Waals surface area contributed by atoms with Crippen LogP contribution in [0.15, 0.2) is 30.3 Å². The number of hydrogen-bond acceptors (Lipinski definition) is 6. The Bertz CT molecular complexity index is 686. The molecule has 8 heteroatoms. The Labute approximate surface area is 177 Å². The van der Waals surface area contributed by atoms with Crippen LogP contribution in [0.1, 0.15) is 39.2 Å². The summed E-state index contributed by atoms with van der Waals surface area (Å²) in [5.41, 5.74) is 1.15. The molecule has 166 valence electrons. The van der Waals surface area contributed by atoms with Gasteiger partial charge in [-0.15, -0.1) is 0 Å². The summed E-state index contributed by atoms with van der Waals surface area (Å²) in [5, 5.41) is 11.0. The SMILES string of the molecule is COP(=O)(OC)C(O)[C@H]1CC[C@@H](CO[Si](C)(C)C(C)(C)C)N1Cc1ccccc1. The van der Waals surface area contributed by atoms with Gasteiger partial charge < -0.3 is 18.6 Å². The number of nitrogens with zero attached hydrogens (tertiary/aromatic N) is 1. The minimum Gasteiger partial charge on any atom is -0.415 e. The average Bonchev–Trinajstić information content (AvgIpc) is 3.07. The van der Waals surface area contributed by atoms with Crippen LogP contribution in [0.2, 0.25) is 18.1 Å². The van der Waals surface area contributed by atoms with Crippen molar-refractivity contribution < 1.29 is 23.1 Å². The minimum absolute atomic E-state index is 0.136. The Morgan fingerprint density at radius 3 is 2.28 bits per heavy atom. The Balaban J connectivity index is 2.23. The summed E-state index contributed by atoms with van der Waals surface area (Å²) in [7, 11) is -2.83. The second kappa shape index (κ2) is 9.73. The standard InChI is InChI=1S/C21H38NO5PSi/c1-21(2,3)29(6,7)27-16-18-13-14-19(20(23)28(24,25-4)26-5)22(18)15-17-11-9-8-10-12-17/h8-12,18-20,23H,13-16H2,1-7H3/t18-,19+,20?/m0/s1. The maximum Gasteiger partial charge on any atom is 0.359 e. The number of benzene rings is 1. The maximum absolute atomic E-state index is 12.8. The van der Waals surface area contributed by atoms with Crippen LogP contribution in [0.3, 0.4) is 0 Å². The second-order valence-corrected chi connectivity index (χ2v) is 16.5. The molecule has 1 saturated heterocycles. The molecule has 1 fully saturated rings. The number of aliphatic hydroxyl groups excluding tert-OH is 1. The van der Waals surface area contributed by atoms with E-state index in [-0.39, 0.29) is 17.1 Å². The van der Waals surface area contributed by atoms with Crippen LogP contribution >= 0.6 is 7.60 Å². The molecule has 0 radical (unpaired) electrons. The van der Waals surface area contributed by atoms with Crippen molar-refractivity contribution in [1.82, 2.24) is 4.90 Å². The summed E-state index contributed by atoms with van der Waals surface area (Å²) < 4.78 is 29.5. The van der Waals surface area contributed by atoms with Gasteiger partial charge in [0.1, 0.15) is 0 Å². The highest BCUT2D eigenvalue weighted by atomic mass is 31.2. The summed E-state index contributed by atoms with van der Waals surface area (Å²) in [6.45, 7) is 12.5. The Morgan fingerprint density at radius 2 is 1.76 bits per heavy atom. The fourth-order valence-electron chi connectivity index (χ4n) is 3.53. The monoisotopic (exact) mass is 443 g/mol. The lowest BCUT2D eigenvalue weighted by Gasteiger charge is -2.39. The summed E-state index contributed by atoms with van der Waals surface area (Å²) in [5.74, 6) is -1.20. The molecule has 0 aromatic heterocycles. The molecule has 1 N–H and O–H groups in total. The van der Waals surface area contributed by atoms with Gasteiger partial charge in [0, 0.05) is 39.5 Å². The van der Waals surface area contributed by atoms with Crippen molar-refractivity contribution in [2.45, 2.75) is 76.2 Å². The van der Waals surface area contributed by atoms with Crippen LogP contribution in [0, 0.1) is 0 Å². The van der Waals surface area contributed by atoms with Gasteiger partial charge in [-0.2, -0.15) is 0 Å². The van der Waals surface area contributed by atoms with Crippen LogP contribution in [-0.2, 0) is 24.6 Å². The van der Waals surface area contributed by atoms with Gasteiger partial charge >= 0.3 is 7.60 Å². The van der Waals surface area contributed by atoms with E-state index in [1.54, 1.807) is 0 Å². The summed E-state index contributed by atoms with van der Waals surface area (Å²) in [6, 6.07) is 9.97. The molecule has 0 amide bonds. The first kappa shape index (κ1) is 24.7. The summed E-state index contributed by atoms with van der Waals surface area (Å²) in [6.07, 6.45) is 1.59. The van der Waals surface area contributed by atoms with Crippen molar-refractivity contribution in [2.75, 3.05) is 20.8 Å². The first-order valence-electron chi connectivity index (χ1n) is 10.3. The fourth-order valence-corrected chi connectivity index (χ4v) is 5.89. The van der Waals surface area contributed by atoms with Crippen LogP contribution in [-0.4, -0.2) is 57.1 Å². The number of rotatable bonds is 9. The zero-order valence-electron chi connectivity index (χ0n) is 18.9. The lowest BCUT2D eigenvalue weighted by molar-refractivity contribution is 0.0593. The third-order valence-corrected chi connectivity index (χ3v) is 13.0. The molecule has 1 heterocycles. The van der Waals surface area contributed by atoms with Crippen LogP contribution in [0.5, 0.6) is 0 Å². The lowest BCUT2D eigenvalue weighted by Crippen LogP contribution is -2.47. The van der Waals surface area contributed by atoms with E-state index in [1.807, 2.05) is 18.2 Å². The molecule has 0 bridgehead atoms. The van der Waals surface area contributed by atoms with E-state index in [9.17, 15) is 9.67 Å². The van der Waals surface area contributed by atoms with E-state index >= 15 is 0 Å². The molecule has 1 aliphatic heterocycles. The number of hydrogen-bond donors (Lipinski definition) is 1. The lowest BCUT2D eigenvalue weighted by atomic mass is 10.2. The number of aliphatic hydroxyl groups is 1. The van der Waals surface area contributed by atoms with Gasteiger partial charge in [-0.3, -0.25) is 9.46 Å². The Kier molecular flexibility index (Phi) is 8.30. The molecule has 6 nitrogen and oxygen atoms in total. The minimum atomic E-state index is -3.59. The molecule has 2 rings (SSSR count). The highest BCUT2D eigenvalue weighted by Crippen LogP contribution is 2.54. The third-order valence-electron chi connectivity index (χ3n) is 6.52. The third kappa shape index (κ3) is 5.79. The van der Waals surface area contributed by atoms with Crippen molar-refractivity contribution in [3.63, 3.8) is 0 Å². The van der Waals surface area contributed by atoms with E-state index in [4.69, 9.17) is 13.5 Å². The quantitative estimate of drug-likeness (QED) is 0.435. The molecular weight excluding hydrogens is 405 g/mol. The van der Waals surface area contributed by atoms with Crippen molar-refractivity contribution in [3.8, 4) is 0 Å². The van der Waals surface area contributed by atoms with E-state index < -0.39 is 21.8 Å². The van der Waals surface area contributed by atoms with Crippen molar-refractivity contribution in [2.24, 2.45) is 0 Å². The van der Waals surface area contributed by atoms with Gasteiger partial charge in [-0.25, -0.2) is 0 Å². The zero-order chi connectivity index (χ0) is 21.9. The normalized spacial score (nSPS) is 22.8. The van der Waals surface area contributed by atoms with Crippen LogP contribution < -0.4 is 0 Å². The molecule has 0 spiro atoms. The van der Waals surface area contributed by atoms with E-state index in [0.717, 1.165) is 18.4 Å². The zero-order valence-corrected chi connectivity index (χ0v) is 20.8. The summed E-state index contributed by atoms with van der Waals surface area (Å²) in [4.78, 5) is 2.22. The van der Waals surface area contributed by atoms with Gasteiger partial charge in [-0.05, 0) is 36.5 Å². The van der Waals surface area contributed by atoms with Gasteiger partial charge in [0.05, 0.1) is 0 Å². The van der Waals surface area contributed by atoms with E-state index in [2.05, 4.69) is 50.9 Å². The van der Waals surface area contributed by atoms with E-state index in [1.165, 1.54) is 14.2 Å². The van der Waals surface area contributed by atoms with Gasteiger partial charge in [0.15, 0.2) is 14.2 Å². The van der Waals surface area contributed by atoms with E-state index in [0.29, 0.717) is 13.2 Å². The Hall–Kier alpha value is -0.533. The second-order valence-electron chi connectivity index (χ2n) is 9.35. The Morgan fingerprint density at radius 1 is 1.17 bits per heavy atom. The highest BCUT2D eigenvalue weighted by molar-refractivity contribution is 7.54. The summed E-state index contributed by atoms with van der Waals surface area (Å²) >= 11 is 0. The molecule has 3 atom stereocenters.